The Morgan fingerprint density at radius 2 is 2.40 bits per heavy atom. The quantitative estimate of drug-likeness (QED) is 0.879. The fourth-order valence-electron chi connectivity index (χ4n) is 2.68. The molecular formula is C15H19N3OS. The molecule has 1 saturated heterocycles. The number of hydrogen-bond acceptors (Lipinski definition) is 5. The van der Waals surface area contributed by atoms with Gasteiger partial charge in [-0.15, -0.1) is 11.3 Å². The molecule has 1 aliphatic rings. The lowest BCUT2D eigenvalue weighted by Gasteiger charge is -2.17. The Kier molecular flexibility index (Phi) is 3.72. The maximum Gasteiger partial charge on any atom is 0.169 e. The van der Waals surface area contributed by atoms with Crippen LogP contribution in [-0.4, -0.2) is 36.4 Å². The molecule has 2 aromatic rings. The predicted octanol–water partition coefficient (Wildman–Crippen LogP) is 2.69. The molecule has 0 aromatic carbocycles. The van der Waals surface area contributed by atoms with E-state index in [0.717, 1.165) is 47.0 Å². The van der Waals surface area contributed by atoms with Gasteiger partial charge in [0.25, 0.3) is 0 Å². The maximum atomic E-state index is 11.4. The minimum absolute atomic E-state index is 0.114. The third kappa shape index (κ3) is 2.55. The number of hydrogen-bond donors (Lipinski definition) is 1. The number of rotatable bonds is 4. The average molecular weight is 289 g/mol. The molecule has 0 spiro atoms. The number of carbonyl (C=O) groups is 1. The zero-order valence-corrected chi connectivity index (χ0v) is 12.7. The molecule has 4 nitrogen and oxygen atoms in total. The summed E-state index contributed by atoms with van der Waals surface area (Å²) in [5, 5.41) is 4.55. The second-order valence-electron chi connectivity index (χ2n) is 5.22. The highest BCUT2D eigenvalue weighted by molar-refractivity contribution is 7.20. The Bertz CT molecular complexity index is 637. The van der Waals surface area contributed by atoms with Crippen molar-refractivity contribution in [1.29, 1.82) is 0 Å². The first-order valence-electron chi connectivity index (χ1n) is 7.07. The lowest BCUT2D eigenvalue weighted by Crippen LogP contribution is -2.32. The summed E-state index contributed by atoms with van der Waals surface area (Å²) in [5.41, 5.74) is 0. The average Bonchev–Trinajstić information content (AvgIpc) is 3.04. The van der Waals surface area contributed by atoms with Crippen molar-refractivity contribution in [3.8, 4) is 0 Å². The largest absolute Gasteiger partial charge is 0.355 e. The molecule has 0 aliphatic carbocycles. The van der Waals surface area contributed by atoms with Crippen LogP contribution in [0.3, 0.4) is 0 Å². The van der Waals surface area contributed by atoms with Crippen LogP contribution in [0.2, 0.25) is 0 Å². The Morgan fingerprint density at radius 3 is 3.15 bits per heavy atom. The third-order valence-corrected chi connectivity index (χ3v) is 4.87. The molecule has 0 saturated carbocycles. The van der Waals surface area contributed by atoms with Crippen LogP contribution in [0.4, 0.5) is 5.82 Å². The van der Waals surface area contributed by atoms with Crippen molar-refractivity contribution < 1.29 is 4.79 Å². The zero-order valence-electron chi connectivity index (χ0n) is 11.8. The molecule has 0 amide bonds. The van der Waals surface area contributed by atoms with Crippen LogP contribution in [0.25, 0.3) is 10.2 Å². The van der Waals surface area contributed by atoms with E-state index in [-0.39, 0.29) is 5.78 Å². The minimum Gasteiger partial charge on any atom is -0.355 e. The van der Waals surface area contributed by atoms with Crippen LogP contribution >= 0.6 is 11.3 Å². The first-order chi connectivity index (χ1) is 9.67. The van der Waals surface area contributed by atoms with Gasteiger partial charge in [-0.05, 0) is 38.1 Å². The van der Waals surface area contributed by atoms with Crippen LogP contribution in [0.5, 0.6) is 0 Å². The summed E-state index contributed by atoms with van der Waals surface area (Å²) in [4.78, 5) is 20.2. The number of ketones is 1. The summed E-state index contributed by atoms with van der Waals surface area (Å²) in [5.74, 6) is 1.14. The van der Waals surface area contributed by atoms with Crippen molar-refractivity contribution in [2.75, 3.05) is 24.5 Å². The van der Waals surface area contributed by atoms with Gasteiger partial charge in [0.1, 0.15) is 10.6 Å². The summed E-state index contributed by atoms with van der Waals surface area (Å²) < 4.78 is 0. The number of nitrogens with zero attached hydrogens (tertiary/aromatic N) is 2. The first kappa shape index (κ1) is 13.5. The van der Waals surface area contributed by atoms with Crippen LogP contribution in [0.15, 0.2) is 18.2 Å². The van der Waals surface area contributed by atoms with Crippen LogP contribution in [-0.2, 0) is 0 Å². The monoisotopic (exact) mass is 289 g/mol. The standard InChI is InChI=1S/C15H19N3OS/c1-3-16-12-6-7-18(9-12)14-5-4-11-8-13(10(2)19)20-15(11)17-14/h4-5,8,12,16H,3,6-7,9H2,1-2H3. The van der Waals surface area contributed by atoms with Gasteiger partial charge in [-0.2, -0.15) is 0 Å². The summed E-state index contributed by atoms with van der Waals surface area (Å²) >= 11 is 1.49. The summed E-state index contributed by atoms with van der Waals surface area (Å²) in [7, 11) is 0. The Morgan fingerprint density at radius 1 is 1.55 bits per heavy atom. The fraction of sp³-hybridized carbons (Fsp3) is 0.467. The second kappa shape index (κ2) is 5.50. The molecule has 106 valence electrons. The number of Topliss-reactive ketones (excluding diaryl/α,β-unsaturated/α-hetero) is 1. The van der Waals surface area contributed by atoms with E-state index in [0.29, 0.717) is 6.04 Å². The highest BCUT2D eigenvalue weighted by Gasteiger charge is 2.22. The van der Waals surface area contributed by atoms with E-state index in [1.54, 1.807) is 6.92 Å². The lowest BCUT2D eigenvalue weighted by atomic mass is 10.2. The summed E-state index contributed by atoms with van der Waals surface area (Å²) in [6.07, 6.45) is 1.16. The minimum atomic E-state index is 0.114. The molecule has 20 heavy (non-hydrogen) atoms. The van der Waals surface area contributed by atoms with Crippen molar-refractivity contribution >= 4 is 33.2 Å². The SMILES string of the molecule is CCNC1CCN(c2ccc3cc(C(C)=O)sc3n2)C1. The van der Waals surface area contributed by atoms with Gasteiger partial charge in [-0.25, -0.2) is 4.98 Å². The first-order valence-corrected chi connectivity index (χ1v) is 7.89. The molecule has 0 radical (unpaired) electrons. The molecule has 1 fully saturated rings. The van der Waals surface area contributed by atoms with Crippen LogP contribution in [0, 0.1) is 0 Å². The topological polar surface area (TPSA) is 45.2 Å². The number of anilines is 1. The molecule has 2 aromatic heterocycles. The highest BCUT2D eigenvalue weighted by atomic mass is 32.1. The smallest absolute Gasteiger partial charge is 0.169 e. The lowest BCUT2D eigenvalue weighted by molar-refractivity contribution is 0.102. The second-order valence-corrected chi connectivity index (χ2v) is 6.25. The Hall–Kier alpha value is -1.46. The highest BCUT2D eigenvalue weighted by Crippen LogP contribution is 2.28. The number of fused-ring (bicyclic) bond motifs is 1. The predicted molar refractivity (Wildman–Crippen MR) is 83.9 cm³/mol. The van der Waals surface area contributed by atoms with Crippen LogP contribution < -0.4 is 10.2 Å². The van der Waals surface area contributed by atoms with Crippen molar-refractivity contribution in [1.82, 2.24) is 10.3 Å². The molecular weight excluding hydrogens is 270 g/mol. The van der Waals surface area contributed by atoms with Crippen LogP contribution in [0.1, 0.15) is 29.9 Å². The zero-order chi connectivity index (χ0) is 14.1. The maximum absolute atomic E-state index is 11.4. The van der Waals surface area contributed by atoms with Gasteiger partial charge in [-0.3, -0.25) is 4.79 Å². The van der Waals surface area contributed by atoms with Gasteiger partial charge < -0.3 is 10.2 Å². The van der Waals surface area contributed by atoms with Gasteiger partial charge in [0, 0.05) is 24.5 Å². The van der Waals surface area contributed by atoms with Gasteiger partial charge in [0.2, 0.25) is 0 Å². The molecule has 1 aliphatic heterocycles. The number of nitrogens with one attached hydrogen (secondary N) is 1. The van der Waals surface area contributed by atoms with E-state index in [4.69, 9.17) is 4.98 Å². The molecule has 3 heterocycles. The summed E-state index contributed by atoms with van der Waals surface area (Å²) in [6, 6.07) is 6.63. The molecule has 1 atom stereocenters. The van der Waals surface area contributed by atoms with Crippen molar-refractivity contribution in [3.05, 3.63) is 23.1 Å². The van der Waals surface area contributed by atoms with E-state index in [1.165, 1.54) is 11.3 Å². The van der Waals surface area contributed by atoms with E-state index in [1.807, 2.05) is 6.07 Å². The van der Waals surface area contributed by atoms with E-state index < -0.39 is 0 Å². The van der Waals surface area contributed by atoms with E-state index >= 15 is 0 Å². The van der Waals surface area contributed by atoms with Gasteiger partial charge in [0.15, 0.2) is 5.78 Å². The van der Waals surface area contributed by atoms with Crippen molar-refractivity contribution in [3.63, 3.8) is 0 Å². The van der Waals surface area contributed by atoms with Crippen molar-refractivity contribution in [2.45, 2.75) is 26.3 Å². The number of aromatic nitrogens is 1. The number of pyridine rings is 1. The molecule has 1 unspecified atom stereocenters. The number of likely N-dealkylation sites (N-methyl/N-ethyl adjacent to an activating group) is 1. The van der Waals surface area contributed by atoms with E-state index in [9.17, 15) is 4.79 Å². The van der Waals surface area contributed by atoms with Gasteiger partial charge in [0.05, 0.1) is 4.88 Å². The fourth-order valence-corrected chi connectivity index (χ4v) is 3.60. The molecule has 3 rings (SSSR count). The Labute approximate surface area is 122 Å². The molecule has 5 heteroatoms. The van der Waals surface area contributed by atoms with Gasteiger partial charge >= 0.3 is 0 Å². The van der Waals surface area contributed by atoms with E-state index in [2.05, 4.69) is 29.3 Å². The number of thiophene rings is 1. The third-order valence-electron chi connectivity index (χ3n) is 3.72. The molecule has 0 bridgehead atoms. The van der Waals surface area contributed by atoms with Gasteiger partial charge in [-0.1, -0.05) is 6.92 Å². The number of carbonyl (C=O) groups excluding carboxylic acids is 1. The normalized spacial score (nSPS) is 18.9. The summed E-state index contributed by atoms with van der Waals surface area (Å²) in [6.45, 7) is 6.81. The molecule has 1 N–H and O–H groups in total. The Balaban J connectivity index is 1.84. The van der Waals surface area contributed by atoms with Crippen molar-refractivity contribution in [2.24, 2.45) is 0 Å².